The van der Waals surface area contributed by atoms with E-state index in [2.05, 4.69) is 19.9 Å². The Hall–Kier alpha value is -1.11. The molecule has 0 atom stereocenters. The molecular weight excluding hydrogens is 134 g/mol. The fourth-order valence-corrected chi connectivity index (χ4v) is 1.17. The van der Waals surface area contributed by atoms with Gasteiger partial charge in [0.15, 0.2) is 0 Å². The average molecular weight is 147 g/mol. The quantitative estimate of drug-likeness (QED) is 0.622. The number of rotatable bonds is 2. The summed E-state index contributed by atoms with van der Waals surface area (Å²) in [6, 6.07) is 8.03. The van der Waals surface area contributed by atoms with E-state index in [0.29, 0.717) is 5.92 Å². The summed E-state index contributed by atoms with van der Waals surface area (Å²) in [4.78, 5) is 0. The molecule has 1 heteroatoms. The molecular formula is C10H13N. The van der Waals surface area contributed by atoms with Crippen LogP contribution in [0.15, 0.2) is 24.3 Å². The van der Waals surface area contributed by atoms with E-state index < -0.39 is 0 Å². The van der Waals surface area contributed by atoms with Crippen molar-refractivity contribution in [2.45, 2.75) is 19.8 Å². The molecule has 0 heterocycles. The van der Waals surface area contributed by atoms with E-state index in [4.69, 9.17) is 5.41 Å². The van der Waals surface area contributed by atoms with E-state index in [1.54, 1.807) is 0 Å². The first kappa shape index (κ1) is 7.99. The second-order valence-corrected chi connectivity index (χ2v) is 2.93. The fourth-order valence-electron chi connectivity index (χ4n) is 1.17. The van der Waals surface area contributed by atoms with E-state index in [0.717, 1.165) is 5.56 Å². The molecule has 1 N–H and O–H groups in total. The Labute approximate surface area is 67.6 Å². The van der Waals surface area contributed by atoms with E-state index in [1.165, 1.54) is 11.8 Å². The normalized spacial score (nSPS) is 10.1. The average Bonchev–Trinajstić information content (AvgIpc) is 2.04. The van der Waals surface area contributed by atoms with Gasteiger partial charge in [-0.25, -0.2) is 0 Å². The zero-order valence-electron chi connectivity index (χ0n) is 6.96. The van der Waals surface area contributed by atoms with Crippen LogP contribution in [0.25, 0.3) is 0 Å². The van der Waals surface area contributed by atoms with E-state index in [9.17, 15) is 0 Å². The van der Waals surface area contributed by atoms with Crippen molar-refractivity contribution in [1.29, 1.82) is 5.41 Å². The topological polar surface area (TPSA) is 23.9 Å². The first-order valence-electron chi connectivity index (χ1n) is 3.85. The summed E-state index contributed by atoms with van der Waals surface area (Å²) in [7, 11) is 0. The third-order valence-corrected chi connectivity index (χ3v) is 1.77. The standard InChI is InChI=1S/C10H13N/c1-8(2)10-6-4-3-5-9(10)7-11/h3-8,11H,1-2H3. The second-order valence-electron chi connectivity index (χ2n) is 2.93. The van der Waals surface area contributed by atoms with Crippen LogP contribution in [0.2, 0.25) is 0 Å². The summed E-state index contributed by atoms with van der Waals surface area (Å²) < 4.78 is 0. The number of nitrogens with one attached hydrogen (secondary N) is 1. The lowest BCUT2D eigenvalue weighted by Crippen LogP contribution is -1.93. The largest absolute Gasteiger partial charge is 0.308 e. The Kier molecular flexibility index (Phi) is 2.42. The van der Waals surface area contributed by atoms with Crippen molar-refractivity contribution < 1.29 is 0 Å². The molecule has 58 valence electrons. The number of hydrogen-bond acceptors (Lipinski definition) is 1. The lowest BCUT2D eigenvalue weighted by molar-refractivity contribution is 0.864. The van der Waals surface area contributed by atoms with Gasteiger partial charge in [0.25, 0.3) is 0 Å². The van der Waals surface area contributed by atoms with Crippen LogP contribution in [-0.4, -0.2) is 6.21 Å². The lowest BCUT2D eigenvalue weighted by Gasteiger charge is -2.07. The summed E-state index contributed by atoms with van der Waals surface area (Å²) in [6.07, 6.45) is 1.41. The second kappa shape index (κ2) is 3.33. The Balaban J connectivity index is 3.12. The summed E-state index contributed by atoms with van der Waals surface area (Å²) in [6.45, 7) is 4.28. The SMILES string of the molecule is CC(C)c1ccccc1C=N. The highest BCUT2D eigenvalue weighted by Gasteiger charge is 2.01. The van der Waals surface area contributed by atoms with Gasteiger partial charge >= 0.3 is 0 Å². The lowest BCUT2D eigenvalue weighted by atomic mass is 9.98. The van der Waals surface area contributed by atoms with Gasteiger partial charge in [-0.05, 0) is 17.0 Å². The van der Waals surface area contributed by atoms with Crippen LogP contribution in [0, 0.1) is 5.41 Å². The Bertz CT molecular complexity index is 251. The molecule has 1 nitrogen and oxygen atoms in total. The zero-order valence-corrected chi connectivity index (χ0v) is 6.96. The molecule has 0 aliphatic heterocycles. The maximum absolute atomic E-state index is 7.15. The van der Waals surface area contributed by atoms with Crippen molar-refractivity contribution >= 4 is 6.21 Å². The molecule has 1 aromatic rings. The highest BCUT2D eigenvalue weighted by atomic mass is 14.3. The smallest absolute Gasteiger partial charge is 0.0253 e. The van der Waals surface area contributed by atoms with Crippen LogP contribution in [0.3, 0.4) is 0 Å². The minimum absolute atomic E-state index is 0.507. The third-order valence-electron chi connectivity index (χ3n) is 1.77. The van der Waals surface area contributed by atoms with Crippen LogP contribution in [0.5, 0.6) is 0 Å². The molecule has 0 amide bonds. The van der Waals surface area contributed by atoms with Gasteiger partial charge in [0.2, 0.25) is 0 Å². The van der Waals surface area contributed by atoms with E-state index in [1.807, 2.05) is 18.2 Å². The molecule has 0 saturated carbocycles. The molecule has 0 aliphatic carbocycles. The Morgan fingerprint density at radius 2 is 1.91 bits per heavy atom. The van der Waals surface area contributed by atoms with Gasteiger partial charge in [0.1, 0.15) is 0 Å². The molecule has 1 rings (SSSR count). The summed E-state index contributed by atoms with van der Waals surface area (Å²) in [5.74, 6) is 0.507. The maximum atomic E-state index is 7.15. The van der Waals surface area contributed by atoms with Crippen molar-refractivity contribution in [2.75, 3.05) is 0 Å². The highest BCUT2D eigenvalue weighted by Crippen LogP contribution is 2.16. The molecule has 0 bridgehead atoms. The van der Waals surface area contributed by atoms with Gasteiger partial charge in [0.05, 0.1) is 0 Å². The summed E-state index contributed by atoms with van der Waals surface area (Å²) in [5, 5.41) is 7.15. The first-order valence-corrected chi connectivity index (χ1v) is 3.85. The number of hydrogen-bond donors (Lipinski definition) is 1. The van der Waals surface area contributed by atoms with Crippen molar-refractivity contribution in [2.24, 2.45) is 0 Å². The summed E-state index contributed by atoms with van der Waals surface area (Å²) in [5.41, 5.74) is 2.28. The Morgan fingerprint density at radius 3 is 2.36 bits per heavy atom. The fraction of sp³-hybridized carbons (Fsp3) is 0.300. The molecule has 0 radical (unpaired) electrons. The molecule has 11 heavy (non-hydrogen) atoms. The van der Waals surface area contributed by atoms with Crippen LogP contribution in [0.1, 0.15) is 30.9 Å². The van der Waals surface area contributed by atoms with Crippen molar-refractivity contribution in [3.8, 4) is 0 Å². The van der Waals surface area contributed by atoms with Crippen LogP contribution < -0.4 is 0 Å². The minimum atomic E-state index is 0.507. The molecule has 0 aliphatic rings. The van der Waals surface area contributed by atoms with Gasteiger partial charge in [-0.3, -0.25) is 0 Å². The van der Waals surface area contributed by atoms with Gasteiger partial charge in [0, 0.05) is 6.21 Å². The monoisotopic (exact) mass is 147 g/mol. The highest BCUT2D eigenvalue weighted by molar-refractivity contribution is 5.79. The molecule has 1 aromatic carbocycles. The molecule has 0 fully saturated rings. The van der Waals surface area contributed by atoms with Gasteiger partial charge in [-0.2, -0.15) is 0 Å². The van der Waals surface area contributed by atoms with Crippen LogP contribution >= 0.6 is 0 Å². The predicted molar refractivity (Wildman–Crippen MR) is 48.4 cm³/mol. The zero-order chi connectivity index (χ0) is 8.27. The van der Waals surface area contributed by atoms with Crippen LogP contribution in [0.4, 0.5) is 0 Å². The van der Waals surface area contributed by atoms with Crippen molar-refractivity contribution in [1.82, 2.24) is 0 Å². The predicted octanol–water partition coefficient (Wildman–Crippen LogP) is 2.81. The molecule has 0 saturated heterocycles. The van der Waals surface area contributed by atoms with Crippen molar-refractivity contribution in [3.63, 3.8) is 0 Å². The van der Waals surface area contributed by atoms with Gasteiger partial charge < -0.3 is 5.41 Å². The molecule has 0 aromatic heterocycles. The van der Waals surface area contributed by atoms with Crippen molar-refractivity contribution in [3.05, 3.63) is 35.4 Å². The minimum Gasteiger partial charge on any atom is -0.308 e. The van der Waals surface area contributed by atoms with E-state index in [-0.39, 0.29) is 0 Å². The third kappa shape index (κ3) is 1.67. The molecule has 0 spiro atoms. The maximum Gasteiger partial charge on any atom is 0.0253 e. The first-order chi connectivity index (χ1) is 5.25. The Morgan fingerprint density at radius 1 is 1.27 bits per heavy atom. The van der Waals surface area contributed by atoms with Crippen LogP contribution in [-0.2, 0) is 0 Å². The summed E-state index contributed by atoms with van der Waals surface area (Å²) >= 11 is 0. The van der Waals surface area contributed by atoms with Gasteiger partial charge in [-0.15, -0.1) is 0 Å². The number of benzene rings is 1. The molecule has 0 unspecified atom stereocenters. The van der Waals surface area contributed by atoms with E-state index >= 15 is 0 Å². The van der Waals surface area contributed by atoms with Gasteiger partial charge in [-0.1, -0.05) is 38.1 Å².